The van der Waals surface area contributed by atoms with E-state index < -0.39 is 0 Å². The van der Waals surface area contributed by atoms with Gasteiger partial charge in [0.2, 0.25) is 0 Å². The van der Waals surface area contributed by atoms with E-state index in [2.05, 4.69) is 15.3 Å². The van der Waals surface area contributed by atoms with Crippen LogP contribution in [0, 0.1) is 0 Å². The van der Waals surface area contributed by atoms with Crippen LogP contribution in [0.2, 0.25) is 20.2 Å². The maximum atomic E-state index is 12.5. The molecule has 28 heavy (non-hydrogen) atoms. The van der Waals surface area contributed by atoms with Crippen molar-refractivity contribution in [3.8, 4) is 16.3 Å². The number of hydrogen-bond acceptors (Lipinski definition) is 5. The topological polar surface area (TPSA) is 64.1 Å². The summed E-state index contributed by atoms with van der Waals surface area (Å²) in [7, 11) is 0. The van der Waals surface area contributed by atoms with Gasteiger partial charge in [0, 0.05) is 23.0 Å². The van der Waals surface area contributed by atoms with Crippen molar-refractivity contribution in [1.82, 2.24) is 15.3 Å². The van der Waals surface area contributed by atoms with Gasteiger partial charge in [-0.3, -0.25) is 9.78 Å². The van der Waals surface area contributed by atoms with Crippen LogP contribution >= 0.6 is 57.7 Å². The molecule has 3 aromatic rings. The van der Waals surface area contributed by atoms with Crippen molar-refractivity contribution in [1.29, 1.82) is 0 Å². The van der Waals surface area contributed by atoms with E-state index in [4.69, 9.17) is 51.1 Å². The maximum absolute atomic E-state index is 12.5. The first kappa shape index (κ1) is 21.1. The van der Waals surface area contributed by atoms with E-state index in [0.717, 1.165) is 5.56 Å². The first-order valence-corrected chi connectivity index (χ1v) is 10.3. The van der Waals surface area contributed by atoms with Gasteiger partial charge in [-0.1, -0.05) is 46.4 Å². The molecule has 5 nitrogen and oxygen atoms in total. The number of carbonyl (C=O) groups is 1. The van der Waals surface area contributed by atoms with Gasteiger partial charge in [0.05, 0.1) is 16.1 Å². The van der Waals surface area contributed by atoms with E-state index in [1.165, 1.54) is 23.5 Å². The van der Waals surface area contributed by atoms with Gasteiger partial charge in [0.25, 0.3) is 5.91 Å². The molecule has 2 heterocycles. The monoisotopic (exact) mass is 475 g/mol. The Balaban J connectivity index is 1.64. The lowest BCUT2D eigenvalue weighted by atomic mass is 10.3. The molecule has 0 aliphatic carbocycles. The molecule has 0 spiro atoms. The molecule has 1 atom stereocenters. The van der Waals surface area contributed by atoms with Crippen molar-refractivity contribution in [3.05, 3.63) is 61.8 Å². The van der Waals surface area contributed by atoms with Crippen molar-refractivity contribution >= 4 is 63.6 Å². The first-order chi connectivity index (χ1) is 13.3. The number of aromatic nitrogens is 2. The Hall–Kier alpha value is -1.57. The highest BCUT2D eigenvalue weighted by molar-refractivity contribution is 7.17. The summed E-state index contributed by atoms with van der Waals surface area (Å²) in [6.07, 6.45) is 3.32. The molecule has 0 saturated heterocycles. The van der Waals surface area contributed by atoms with Crippen molar-refractivity contribution in [2.45, 2.75) is 13.0 Å². The van der Waals surface area contributed by atoms with Gasteiger partial charge in [-0.2, -0.15) is 0 Å². The zero-order valence-electron chi connectivity index (χ0n) is 14.4. The predicted molar refractivity (Wildman–Crippen MR) is 114 cm³/mol. The molecule has 0 radical (unpaired) electrons. The Morgan fingerprint density at radius 3 is 2.61 bits per heavy atom. The normalized spacial score (nSPS) is 11.9. The lowest BCUT2D eigenvalue weighted by Gasteiger charge is -2.16. The van der Waals surface area contributed by atoms with Crippen molar-refractivity contribution in [2.24, 2.45) is 0 Å². The SMILES string of the molecule is CC(COc1c(Cl)cc(Cl)cc1Cl)NC(=O)c1sc(-c2cccnc2)nc1Cl. The van der Waals surface area contributed by atoms with Crippen LogP contribution in [0.1, 0.15) is 16.6 Å². The fourth-order valence-electron chi connectivity index (χ4n) is 2.26. The van der Waals surface area contributed by atoms with Crippen molar-refractivity contribution < 1.29 is 9.53 Å². The summed E-state index contributed by atoms with van der Waals surface area (Å²) in [4.78, 5) is 21.1. The average molecular weight is 477 g/mol. The molecule has 0 bridgehead atoms. The molecule has 0 saturated carbocycles. The smallest absolute Gasteiger partial charge is 0.264 e. The first-order valence-electron chi connectivity index (χ1n) is 8.00. The molecule has 0 aliphatic heterocycles. The molecule has 2 aromatic heterocycles. The fraction of sp³-hybridized carbons (Fsp3) is 0.167. The van der Waals surface area contributed by atoms with Crippen LogP contribution in [-0.4, -0.2) is 28.5 Å². The van der Waals surface area contributed by atoms with Gasteiger partial charge in [-0.15, -0.1) is 11.3 Å². The summed E-state index contributed by atoms with van der Waals surface area (Å²) < 4.78 is 5.64. The van der Waals surface area contributed by atoms with Crippen LogP contribution in [0.5, 0.6) is 5.75 Å². The van der Waals surface area contributed by atoms with Gasteiger partial charge < -0.3 is 10.1 Å². The number of nitrogens with zero attached hydrogens (tertiary/aromatic N) is 2. The quantitative estimate of drug-likeness (QED) is 0.472. The van der Waals surface area contributed by atoms with Crippen molar-refractivity contribution in [2.75, 3.05) is 6.61 Å². The highest BCUT2D eigenvalue weighted by atomic mass is 35.5. The number of pyridine rings is 1. The molecule has 1 unspecified atom stereocenters. The van der Waals surface area contributed by atoms with Gasteiger partial charge in [-0.05, 0) is 31.2 Å². The van der Waals surface area contributed by atoms with E-state index in [-0.39, 0.29) is 23.7 Å². The fourth-order valence-corrected chi connectivity index (χ4v) is 4.37. The Kier molecular flexibility index (Phi) is 7.01. The zero-order chi connectivity index (χ0) is 20.3. The van der Waals surface area contributed by atoms with Crippen molar-refractivity contribution in [3.63, 3.8) is 0 Å². The van der Waals surface area contributed by atoms with Crippen LogP contribution in [0.3, 0.4) is 0 Å². The minimum Gasteiger partial charge on any atom is -0.488 e. The highest BCUT2D eigenvalue weighted by Crippen LogP contribution is 2.36. The Morgan fingerprint density at radius 2 is 1.96 bits per heavy atom. The average Bonchev–Trinajstić information content (AvgIpc) is 3.03. The number of carbonyl (C=O) groups excluding carboxylic acids is 1. The predicted octanol–water partition coefficient (Wildman–Crippen LogP) is 6.02. The standard InChI is InChI=1S/C18H13Cl4N3O2S/c1-9(8-27-14-12(20)5-11(19)6-13(14)21)24-17(26)15-16(22)25-18(28-15)10-3-2-4-23-7-10/h2-7,9H,8H2,1H3,(H,24,26). The Morgan fingerprint density at radius 1 is 1.25 bits per heavy atom. The van der Waals surface area contributed by atoms with Crippen LogP contribution in [0.25, 0.3) is 10.6 Å². The Labute approximate surface area is 185 Å². The van der Waals surface area contributed by atoms with Crippen LogP contribution in [-0.2, 0) is 0 Å². The van der Waals surface area contributed by atoms with Gasteiger partial charge in [-0.25, -0.2) is 4.98 Å². The van der Waals surface area contributed by atoms with E-state index in [9.17, 15) is 4.79 Å². The number of thiazole rings is 1. The number of hydrogen-bond donors (Lipinski definition) is 1. The summed E-state index contributed by atoms with van der Waals surface area (Å²) in [6.45, 7) is 1.94. The minimum absolute atomic E-state index is 0.137. The lowest BCUT2D eigenvalue weighted by Crippen LogP contribution is -2.36. The molecule has 1 N–H and O–H groups in total. The summed E-state index contributed by atoms with van der Waals surface area (Å²) >= 11 is 25.4. The van der Waals surface area contributed by atoms with E-state index in [0.29, 0.717) is 30.7 Å². The summed E-state index contributed by atoms with van der Waals surface area (Å²) in [6, 6.07) is 6.36. The third-order valence-corrected chi connectivity index (χ3v) is 5.79. The molecule has 3 rings (SSSR count). The molecule has 0 fully saturated rings. The second-order valence-electron chi connectivity index (χ2n) is 5.76. The van der Waals surface area contributed by atoms with Gasteiger partial charge in [0.15, 0.2) is 10.9 Å². The van der Waals surface area contributed by atoms with E-state index >= 15 is 0 Å². The zero-order valence-corrected chi connectivity index (χ0v) is 18.2. The number of benzene rings is 1. The summed E-state index contributed by atoms with van der Waals surface area (Å²) in [5, 5.41) is 4.57. The molecule has 1 aromatic carbocycles. The third kappa shape index (κ3) is 5.07. The summed E-state index contributed by atoms with van der Waals surface area (Å²) in [5.74, 6) is -0.0365. The third-order valence-electron chi connectivity index (χ3n) is 3.52. The molecular weight excluding hydrogens is 464 g/mol. The van der Waals surface area contributed by atoms with E-state index in [1.807, 2.05) is 6.07 Å². The van der Waals surface area contributed by atoms with Crippen LogP contribution < -0.4 is 10.1 Å². The molecule has 1 amide bonds. The lowest BCUT2D eigenvalue weighted by molar-refractivity contribution is 0.0931. The Bertz CT molecular complexity index is 975. The van der Waals surface area contributed by atoms with Gasteiger partial charge >= 0.3 is 0 Å². The van der Waals surface area contributed by atoms with E-state index in [1.54, 1.807) is 25.4 Å². The number of rotatable bonds is 6. The van der Waals surface area contributed by atoms with Crippen LogP contribution in [0.4, 0.5) is 0 Å². The van der Waals surface area contributed by atoms with Crippen LogP contribution in [0.15, 0.2) is 36.7 Å². The molecule has 0 aliphatic rings. The molecule has 146 valence electrons. The maximum Gasteiger partial charge on any atom is 0.264 e. The summed E-state index contributed by atoms with van der Waals surface area (Å²) in [5.41, 5.74) is 0.789. The molecule has 10 heteroatoms. The molecular formula is C18H13Cl4N3O2S. The number of amides is 1. The number of ether oxygens (including phenoxy) is 1. The highest BCUT2D eigenvalue weighted by Gasteiger charge is 2.20. The number of nitrogens with one attached hydrogen (secondary N) is 1. The minimum atomic E-state index is -0.345. The second kappa shape index (κ2) is 9.29. The van der Waals surface area contributed by atoms with Gasteiger partial charge in [0.1, 0.15) is 16.5 Å². The largest absolute Gasteiger partial charge is 0.488 e. The number of halogens is 4. The second-order valence-corrected chi connectivity index (χ2v) is 8.37.